The summed E-state index contributed by atoms with van der Waals surface area (Å²) in [6.45, 7) is 5.36. The predicted octanol–water partition coefficient (Wildman–Crippen LogP) is 4.57. The van der Waals surface area contributed by atoms with E-state index in [9.17, 15) is 9.59 Å². The van der Waals surface area contributed by atoms with E-state index in [2.05, 4.69) is 5.32 Å². The number of hydrogen-bond donors (Lipinski definition) is 1. The first-order valence-electron chi connectivity index (χ1n) is 10.2. The van der Waals surface area contributed by atoms with Crippen molar-refractivity contribution in [2.75, 3.05) is 19.3 Å². The van der Waals surface area contributed by atoms with Crippen LogP contribution in [0.3, 0.4) is 0 Å². The van der Waals surface area contributed by atoms with Gasteiger partial charge in [0.25, 0.3) is 0 Å². The zero-order valence-electron chi connectivity index (χ0n) is 19.2. The van der Waals surface area contributed by atoms with Crippen molar-refractivity contribution < 1.29 is 28.5 Å². The van der Waals surface area contributed by atoms with Crippen molar-refractivity contribution in [2.24, 2.45) is 0 Å². The summed E-state index contributed by atoms with van der Waals surface area (Å²) < 4.78 is 21.5. The number of ether oxygens (including phenoxy) is 4. The van der Waals surface area contributed by atoms with Crippen LogP contribution < -0.4 is 14.8 Å². The largest absolute Gasteiger partial charge is 0.497 e. The molecule has 0 saturated heterocycles. The minimum Gasteiger partial charge on any atom is -0.497 e. The Kier molecular flexibility index (Phi) is 9.71. The Morgan fingerprint density at radius 2 is 1.56 bits per heavy atom. The molecule has 0 spiro atoms. The number of benzene rings is 2. The molecular weight excluding hydrogens is 430 g/mol. The van der Waals surface area contributed by atoms with E-state index in [0.717, 1.165) is 22.6 Å². The maximum atomic E-state index is 12.8. The fraction of sp³-hybridized carbons (Fsp3) is 0.417. The monoisotopic (exact) mass is 461 g/mol. The van der Waals surface area contributed by atoms with Gasteiger partial charge in [-0.05, 0) is 62.4 Å². The summed E-state index contributed by atoms with van der Waals surface area (Å²) in [6.07, 6.45) is 1.53. The molecule has 32 heavy (non-hydrogen) atoms. The number of thioether (sulfide) groups is 1. The number of hydrogen-bond acceptors (Lipinski definition) is 7. The minimum absolute atomic E-state index is 0.0801. The topological polar surface area (TPSA) is 83.1 Å². The van der Waals surface area contributed by atoms with Crippen LogP contribution in [0.1, 0.15) is 31.9 Å². The van der Waals surface area contributed by atoms with Gasteiger partial charge in [-0.3, -0.25) is 0 Å². The lowest BCUT2D eigenvalue weighted by molar-refractivity contribution is -0.147. The average Bonchev–Trinajstić information content (AvgIpc) is 2.75. The van der Waals surface area contributed by atoms with Crippen LogP contribution in [0.25, 0.3) is 0 Å². The van der Waals surface area contributed by atoms with Gasteiger partial charge in [-0.2, -0.15) is 0 Å². The second-order valence-corrected chi connectivity index (χ2v) is 8.87. The van der Waals surface area contributed by atoms with Gasteiger partial charge in [0.1, 0.15) is 35.7 Å². The van der Waals surface area contributed by atoms with Gasteiger partial charge in [0.05, 0.1) is 7.11 Å². The highest BCUT2D eigenvalue weighted by molar-refractivity contribution is 7.98. The van der Waals surface area contributed by atoms with Gasteiger partial charge in [-0.25, -0.2) is 9.59 Å². The Balaban J connectivity index is 2.06. The molecule has 2 rings (SSSR count). The molecule has 1 atom stereocenters. The number of nitrogens with one attached hydrogen (secondary N) is 1. The Hall–Kier alpha value is -2.87. The maximum Gasteiger partial charge on any atom is 0.408 e. The molecule has 1 N–H and O–H groups in total. The number of methoxy groups -OCH3 is 1. The van der Waals surface area contributed by atoms with Crippen LogP contribution in [0.5, 0.6) is 11.5 Å². The van der Waals surface area contributed by atoms with Crippen LogP contribution in [0.2, 0.25) is 0 Å². The third-order valence-electron chi connectivity index (χ3n) is 4.22. The van der Waals surface area contributed by atoms with E-state index in [4.69, 9.17) is 18.9 Å². The van der Waals surface area contributed by atoms with Crippen LogP contribution in [-0.4, -0.2) is 43.0 Å². The number of amides is 1. The molecule has 0 unspecified atom stereocenters. The Labute approximate surface area is 193 Å². The minimum atomic E-state index is -0.902. The van der Waals surface area contributed by atoms with Crippen molar-refractivity contribution in [1.82, 2.24) is 5.32 Å². The normalized spacial score (nSPS) is 11.9. The van der Waals surface area contributed by atoms with Crippen molar-refractivity contribution in [3.63, 3.8) is 0 Å². The summed E-state index contributed by atoms with van der Waals surface area (Å²) in [6, 6.07) is 13.7. The second-order valence-electron chi connectivity index (χ2n) is 8.05. The van der Waals surface area contributed by atoms with Crippen molar-refractivity contribution in [3.05, 3.63) is 59.7 Å². The van der Waals surface area contributed by atoms with E-state index >= 15 is 0 Å². The molecule has 2 aromatic rings. The molecule has 0 bridgehead atoms. The summed E-state index contributed by atoms with van der Waals surface area (Å²) in [5.74, 6) is 1.46. The Morgan fingerprint density at radius 3 is 2.12 bits per heavy atom. The smallest absolute Gasteiger partial charge is 0.408 e. The fourth-order valence-electron chi connectivity index (χ4n) is 2.70. The van der Waals surface area contributed by atoms with Crippen LogP contribution >= 0.6 is 11.8 Å². The predicted molar refractivity (Wildman–Crippen MR) is 125 cm³/mol. The summed E-state index contributed by atoms with van der Waals surface area (Å²) in [5, 5.41) is 2.63. The van der Waals surface area contributed by atoms with E-state index in [0.29, 0.717) is 5.94 Å². The summed E-state index contributed by atoms with van der Waals surface area (Å²) in [5.41, 5.74) is 0.979. The quantitative estimate of drug-likeness (QED) is 0.410. The summed E-state index contributed by atoms with van der Waals surface area (Å²) >= 11 is 1.58. The highest BCUT2D eigenvalue weighted by Crippen LogP contribution is 2.17. The first kappa shape index (κ1) is 25.4. The van der Waals surface area contributed by atoms with E-state index in [1.54, 1.807) is 51.8 Å². The number of carbonyl (C=O) groups excluding carboxylic acids is 2. The van der Waals surface area contributed by atoms with Gasteiger partial charge in [0.15, 0.2) is 0 Å². The zero-order valence-corrected chi connectivity index (χ0v) is 20.0. The van der Waals surface area contributed by atoms with Gasteiger partial charge in [0.2, 0.25) is 0 Å². The van der Waals surface area contributed by atoms with Gasteiger partial charge in [-0.15, -0.1) is 11.8 Å². The lowest BCUT2D eigenvalue weighted by atomic mass is 10.1. The molecular formula is C24H31NO6S. The van der Waals surface area contributed by atoms with Crippen LogP contribution in [0.15, 0.2) is 48.5 Å². The third kappa shape index (κ3) is 9.09. The summed E-state index contributed by atoms with van der Waals surface area (Å²) in [7, 11) is 1.59. The molecule has 174 valence electrons. The zero-order chi connectivity index (χ0) is 23.6. The van der Waals surface area contributed by atoms with Crippen LogP contribution in [0, 0.1) is 0 Å². The molecule has 7 nitrogen and oxygen atoms in total. The molecule has 0 fully saturated rings. The fourth-order valence-corrected chi connectivity index (χ4v) is 2.96. The maximum absolute atomic E-state index is 12.8. The molecule has 8 heteroatoms. The number of carbonyl (C=O) groups is 2. The number of alkyl carbamates (subject to hydrolysis) is 1. The Morgan fingerprint density at radius 1 is 0.969 bits per heavy atom. The molecule has 0 heterocycles. The van der Waals surface area contributed by atoms with Crippen molar-refractivity contribution in [3.8, 4) is 11.5 Å². The highest BCUT2D eigenvalue weighted by atomic mass is 32.2. The lowest BCUT2D eigenvalue weighted by Gasteiger charge is -2.23. The van der Waals surface area contributed by atoms with E-state index in [-0.39, 0.29) is 13.0 Å². The van der Waals surface area contributed by atoms with Crippen LogP contribution in [0.4, 0.5) is 4.79 Å². The first-order chi connectivity index (χ1) is 15.2. The third-order valence-corrected chi connectivity index (χ3v) is 4.58. The average molecular weight is 462 g/mol. The van der Waals surface area contributed by atoms with Gasteiger partial charge >= 0.3 is 12.1 Å². The molecule has 0 aliphatic rings. The number of esters is 1. The first-order valence-corrected chi connectivity index (χ1v) is 11.6. The Bertz CT molecular complexity index is 862. The molecule has 0 saturated carbocycles. The highest BCUT2D eigenvalue weighted by Gasteiger charge is 2.26. The van der Waals surface area contributed by atoms with Gasteiger partial charge in [0, 0.05) is 6.42 Å². The van der Waals surface area contributed by atoms with Gasteiger partial charge < -0.3 is 24.3 Å². The van der Waals surface area contributed by atoms with Crippen LogP contribution in [-0.2, 0) is 27.3 Å². The van der Waals surface area contributed by atoms with E-state index in [1.807, 2.05) is 42.7 Å². The van der Waals surface area contributed by atoms with Crippen molar-refractivity contribution in [1.29, 1.82) is 0 Å². The molecule has 0 radical (unpaired) electrons. The van der Waals surface area contributed by atoms with Gasteiger partial charge in [-0.1, -0.05) is 24.3 Å². The molecule has 0 aliphatic heterocycles. The van der Waals surface area contributed by atoms with Crippen molar-refractivity contribution >= 4 is 23.8 Å². The number of rotatable bonds is 10. The molecule has 0 aromatic heterocycles. The molecule has 2 aromatic carbocycles. The van der Waals surface area contributed by atoms with Crippen molar-refractivity contribution in [2.45, 2.75) is 45.4 Å². The molecule has 0 aliphatic carbocycles. The SMILES string of the molecule is COc1ccc(COC(=O)[C@@H](Cc2ccc(OCSC)cc2)NC(=O)OC(C)(C)C)cc1. The van der Waals surface area contributed by atoms with E-state index < -0.39 is 23.7 Å². The van der Waals surface area contributed by atoms with E-state index in [1.165, 1.54) is 0 Å². The standard InChI is InChI=1S/C24H31NO6S/c1-24(2,3)31-23(27)25-21(14-17-6-12-20(13-7-17)30-16-32-5)22(26)29-15-18-8-10-19(28-4)11-9-18/h6-13,21H,14-16H2,1-5H3,(H,25,27)/t21-/m1/s1. The lowest BCUT2D eigenvalue weighted by Crippen LogP contribution is -2.45. The second kappa shape index (κ2) is 12.2. The molecule has 1 amide bonds. The summed E-state index contributed by atoms with van der Waals surface area (Å²) in [4.78, 5) is 25.1.